The van der Waals surface area contributed by atoms with Gasteiger partial charge < -0.3 is 10.4 Å². The highest BCUT2D eigenvalue weighted by Gasteiger charge is 2.16. The van der Waals surface area contributed by atoms with E-state index in [-0.39, 0.29) is 6.61 Å². The Hall–Kier alpha value is -0.450. The van der Waals surface area contributed by atoms with Gasteiger partial charge in [0.1, 0.15) is 0 Å². The Morgan fingerprint density at radius 1 is 1.47 bits per heavy atom. The van der Waals surface area contributed by atoms with E-state index in [0.29, 0.717) is 18.0 Å². The minimum Gasteiger partial charge on any atom is -0.396 e. The Morgan fingerprint density at radius 2 is 2.20 bits per heavy atom. The summed E-state index contributed by atoms with van der Waals surface area (Å²) in [5.41, 5.74) is 1.85. The molecule has 86 valence electrons. The highest BCUT2D eigenvalue weighted by Crippen LogP contribution is 2.19. The number of thiazole rings is 1. The lowest BCUT2D eigenvalue weighted by Gasteiger charge is -2.25. The molecule has 2 unspecified atom stereocenters. The largest absolute Gasteiger partial charge is 0.396 e. The van der Waals surface area contributed by atoms with Crippen LogP contribution in [-0.4, -0.2) is 22.7 Å². The van der Waals surface area contributed by atoms with Crippen LogP contribution in [-0.2, 0) is 0 Å². The molecule has 0 aliphatic heterocycles. The number of aliphatic hydroxyl groups is 1. The van der Waals surface area contributed by atoms with Gasteiger partial charge in [0.2, 0.25) is 0 Å². The molecule has 3 nitrogen and oxygen atoms in total. The molecule has 0 aliphatic rings. The molecular weight excluding hydrogens is 208 g/mol. The van der Waals surface area contributed by atoms with Crippen LogP contribution in [0.25, 0.3) is 0 Å². The molecule has 15 heavy (non-hydrogen) atoms. The molecule has 1 aromatic rings. The van der Waals surface area contributed by atoms with Crippen LogP contribution >= 0.6 is 11.3 Å². The molecule has 2 N–H and O–H groups in total. The van der Waals surface area contributed by atoms with E-state index >= 15 is 0 Å². The highest BCUT2D eigenvalue weighted by molar-refractivity contribution is 7.09. The lowest BCUT2D eigenvalue weighted by molar-refractivity contribution is 0.237. The van der Waals surface area contributed by atoms with Crippen LogP contribution in [0, 0.1) is 5.92 Å². The van der Waals surface area contributed by atoms with Gasteiger partial charge in [0, 0.05) is 29.8 Å². The van der Waals surface area contributed by atoms with E-state index in [1.807, 2.05) is 11.7 Å². The number of aliphatic hydroxyl groups excluding tert-OH is 1. The molecule has 0 amide bonds. The van der Waals surface area contributed by atoms with Crippen molar-refractivity contribution in [1.29, 1.82) is 0 Å². The summed E-state index contributed by atoms with van der Waals surface area (Å²) < 4.78 is 0. The van der Waals surface area contributed by atoms with Gasteiger partial charge in [-0.1, -0.05) is 13.8 Å². The van der Waals surface area contributed by atoms with E-state index < -0.39 is 0 Å². The van der Waals surface area contributed by atoms with Crippen molar-refractivity contribution in [3.8, 4) is 0 Å². The summed E-state index contributed by atoms with van der Waals surface area (Å²) in [6, 6.07) is 0.684. The molecular formula is C11H20N2OS. The molecule has 2 atom stereocenters. The van der Waals surface area contributed by atoms with Crippen molar-refractivity contribution in [2.45, 2.75) is 39.3 Å². The molecule has 1 rings (SSSR count). The maximum absolute atomic E-state index is 8.98. The van der Waals surface area contributed by atoms with E-state index in [9.17, 15) is 0 Å². The number of aromatic nitrogens is 1. The highest BCUT2D eigenvalue weighted by atomic mass is 32.1. The predicted octanol–water partition coefficient (Wildman–Crippen LogP) is 2.20. The molecule has 0 radical (unpaired) electrons. The minimum absolute atomic E-state index is 0.241. The first kappa shape index (κ1) is 12.6. The normalized spacial score (nSPS) is 15.5. The second-order valence-electron chi connectivity index (χ2n) is 4.15. The standard InChI is InChI=1S/C11H20N2OS/c1-8(2)10(4-5-14)13-9(3)11-6-12-7-15-11/h6-10,13-14H,4-5H2,1-3H3. The first-order chi connectivity index (χ1) is 7.15. The van der Waals surface area contributed by atoms with Gasteiger partial charge >= 0.3 is 0 Å². The second kappa shape index (κ2) is 6.20. The summed E-state index contributed by atoms with van der Waals surface area (Å²) in [6.45, 7) is 6.73. The van der Waals surface area contributed by atoms with Gasteiger partial charge in [-0.15, -0.1) is 11.3 Å². The van der Waals surface area contributed by atoms with Crippen LogP contribution in [0.1, 0.15) is 38.1 Å². The zero-order chi connectivity index (χ0) is 11.3. The third-order valence-corrected chi connectivity index (χ3v) is 3.55. The minimum atomic E-state index is 0.241. The Bertz CT molecular complexity index is 262. The fourth-order valence-corrected chi connectivity index (χ4v) is 2.23. The predicted molar refractivity (Wildman–Crippen MR) is 64.0 cm³/mol. The second-order valence-corrected chi connectivity index (χ2v) is 5.07. The van der Waals surface area contributed by atoms with Gasteiger partial charge in [0.05, 0.1) is 5.51 Å². The smallest absolute Gasteiger partial charge is 0.0794 e. The fourth-order valence-electron chi connectivity index (χ4n) is 1.59. The van der Waals surface area contributed by atoms with Crippen LogP contribution in [0.3, 0.4) is 0 Å². The van der Waals surface area contributed by atoms with Crippen LogP contribution in [0.2, 0.25) is 0 Å². The Kier molecular flexibility index (Phi) is 5.22. The van der Waals surface area contributed by atoms with Gasteiger partial charge in [-0.05, 0) is 19.3 Å². The van der Waals surface area contributed by atoms with Crippen molar-refractivity contribution in [3.05, 3.63) is 16.6 Å². The van der Waals surface area contributed by atoms with Gasteiger partial charge in [-0.3, -0.25) is 4.98 Å². The van der Waals surface area contributed by atoms with Crippen LogP contribution < -0.4 is 5.32 Å². The summed E-state index contributed by atoms with van der Waals surface area (Å²) in [5.74, 6) is 0.535. The van der Waals surface area contributed by atoms with E-state index in [4.69, 9.17) is 5.11 Å². The number of hydrogen-bond acceptors (Lipinski definition) is 4. The Balaban J connectivity index is 2.50. The fraction of sp³-hybridized carbons (Fsp3) is 0.727. The Labute approximate surface area is 95.6 Å². The maximum Gasteiger partial charge on any atom is 0.0794 e. The van der Waals surface area contributed by atoms with Crippen LogP contribution in [0.4, 0.5) is 0 Å². The Morgan fingerprint density at radius 3 is 2.67 bits per heavy atom. The van der Waals surface area contributed by atoms with Crippen molar-refractivity contribution < 1.29 is 5.11 Å². The molecule has 0 saturated heterocycles. The first-order valence-corrected chi connectivity index (χ1v) is 6.28. The zero-order valence-corrected chi connectivity index (χ0v) is 10.4. The van der Waals surface area contributed by atoms with Gasteiger partial charge in [-0.2, -0.15) is 0 Å². The molecule has 0 aliphatic carbocycles. The van der Waals surface area contributed by atoms with Crippen molar-refractivity contribution >= 4 is 11.3 Å². The van der Waals surface area contributed by atoms with Crippen molar-refractivity contribution in [2.24, 2.45) is 5.92 Å². The van der Waals surface area contributed by atoms with Crippen molar-refractivity contribution in [2.75, 3.05) is 6.61 Å². The maximum atomic E-state index is 8.98. The third kappa shape index (κ3) is 3.89. The number of nitrogens with one attached hydrogen (secondary N) is 1. The summed E-state index contributed by atoms with van der Waals surface area (Å²) >= 11 is 1.67. The summed E-state index contributed by atoms with van der Waals surface area (Å²) in [4.78, 5) is 5.32. The van der Waals surface area contributed by atoms with Gasteiger partial charge in [0.15, 0.2) is 0 Å². The monoisotopic (exact) mass is 228 g/mol. The summed E-state index contributed by atoms with van der Waals surface area (Å²) in [7, 11) is 0. The van der Waals surface area contributed by atoms with Gasteiger partial charge in [-0.25, -0.2) is 0 Å². The lowest BCUT2D eigenvalue weighted by atomic mass is 10.0. The molecule has 1 heterocycles. The van der Waals surface area contributed by atoms with E-state index in [2.05, 4.69) is 31.1 Å². The molecule has 0 aromatic carbocycles. The molecule has 1 aromatic heterocycles. The van der Waals surface area contributed by atoms with Crippen molar-refractivity contribution in [1.82, 2.24) is 10.3 Å². The van der Waals surface area contributed by atoms with E-state index in [1.54, 1.807) is 11.3 Å². The van der Waals surface area contributed by atoms with E-state index in [1.165, 1.54) is 4.88 Å². The van der Waals surface area contributed by atoms with Gasteiger partial charge in [0.25, 0.3) is 0 Å². The topological polar surface area (TPSA) is 45.1 Å². The molecule has 0 fully saturated rings. The quantitative estimate of drug-likeness (QED) is 0.784. The number of rotatable bonds is 6. The lowest BCUT2D eigenvalue weighted by Crippen LogP contribution is -2.36. The van der Waals surface area contributed by atoms with Crippen LogP contribution in [0.5, 0.6) is 0 Å². The summed E-state index contributed by atoms with van der Waals surface area (Å²) in [6.07, 6.45) is 2.71. The average molecular weight is 228 g/mol. The average Bonchev–Trinajstić information content (AvgIpc) is 2.69. The van der Waals surface area contributed by atoms with Crippen molar-refractivity contribution in [3.63, 3.8) is 0 Å². The first-order valence-electron chi connectivity index (χ1n) is 5.40. The summed E-state index contributed by atoms with van der Waals surface area (Å²) in [5, 5.41) is 12.5. The van der Waals surface area contributed by atoms with E-state index in [0.717, 1.165) is 6.42 Å². The van der Waals surface area contributed by atoms with Crippen LogP contribution in [0.15, 0.2) is 11.7 Å². The number of nitrogens with zero attached hydrogens (tertiary/aromatic N) is 1. The molecule has 4 heteroatoms. The zero-order valence-electron chi connectivity index (χ0n) is 9.60. The molecule has 0 spiro atoms. The molecule has 0 bridgehead atoms. The number of hydrogen-bond donors (Lipinski definition) is 2. The molecule has 0 saturated carbocycles. The third-order valence-electron chi connectivity index (χ3n) is 2.59. The SMILES string of the molecule is CC(NC(CCO)C(C)C)c1cncs1.